The van der Waals surface area contributed by atoms with Crippen LogP contribution in [0.4, 0.5) is 4.79 Å². The second kappa shape index (κ2) is 11.3. The van der Waals surface area contributed by atoms with E-state index in [1.54, 1.807) is 19.1 Å². The Labute approximate surface area is 168 Å². The highest BCUT2D eigenvalue weighted by atomic mass is 16.5. The van der Waals surface area contributed by atoms with Gasteiger partial charge in [-0.3, -0.25) is 4.79 Å². The van der Waals surface area contributed by atoms with E-state index in [1.165, 1.54) is 12.1 Å². The molecule has 8 heteroatoms. The summed E-state index contributed by atoms with van der Waals surface area (Å²) in [6.07, 6.45) is -0.557. The molecule has 0 saturated carbocycles. The zero-order valence-corrected chi connectivity index (χ0v) is 16.1. The first kappa shape index (κ1) is 21.7. The lowest BCUT2D eigenvalue weighted by atomic mass is 10.1. The van der Waals surface area contributed by atoms with Gasteiger partial charge >= 0.3 is 12.1 Å². The molecule has 8 nitrogen and oxygen atoms in total. The SMILES string of the molecule is CCOC(=O)C(Cc1ccc(O)cc1)NC(=O)CNC(=O)OCc1ccccc1. The molecule has 2 aromatic carbocycles. The predicted octanol–water partition coefficient (Wildman–Crippen LogP) is 1.91. The second-order valence-electron chi connectivity index (χ2n) is 6.16. The van der Waals surface area contributed by atoms with Gasteiger partial charge in [-0.2, -0.15) is 0 Å². The van der Waals surface area contributed by atoms with Crippen molar-refractivity contribution in [2.45, 2.75) is 26.0 Å². The Morgan fingerprint density at radius 2 is 1.66 bits per heavy atom. The molecule has 0 saturated heterocycles. The average Bonchev–Trinajstić information content (AvgIpc) is 2.72. The van der Waals surface area contributed by atoms with Crippen LogP contribution in [0.25, 0.3) is 0 Å². The zero-order chi connectivity index (χ0) is 21.1. The van der Waals surface area contributed by atoms with Gasteiger partial charge in [-0.15, -0.1) is 0 Å². The fraction of sp³-hybridized carbons (Fsp3) is 0.286. The first-order valence-corrected chi connectivity index (χ1v) is 9.16. The lowest BCUT2D eigenvalue weighted by molar-refractivity contribution is -0.147. The third-order valence-corrected chi connectivity index (χ3v) is 3.89. The summed E-state index contributed by atoms with van der Waals surface area (Å²) in [5, 5.41) is 14.2. The van der Waals surface area contributed by atoms with Crippen LogP contribution in [0.5, 0.6) is 5.75 Å². The predicted molar refractivity (Wildman–Crippen MR) is 105 cm³/mol. The molecule has 2 amide bonds. The number of rotatable bonds is 9. The molecule has 0 aliphatic rings. The molecule has 154 valence electrons. The number of phenols is 1. The van der Waals surface area contributed by atoms with Crippen molar-refractivity contribution in [3.63, 3.8) is 0 Å². The molecule has 1 unspecified atom stereocenters. The Balaban J connectivity index is 1.83. The highest BCUT2D eigenvalue weighted by Gasteiger charge is 2.22. The molecule has 0 aliphatic heterocycles. The summed E-state index contributed by atoms with van der Waals surface area (Å²) in [5.74, 6) is -1.04. The lowest BCUT2D eigenvalue weighted by Crippen LogP contribution is -2.47. The van der Waals surface area contributed by atoms with Crippen molar-refractivity contribution in [2.75, 3.05) is 13.2 Å². The zero-order valence-electron chi connectivity index (χ0n) is 16.1. The maximum atomic E-state index is 12.2. The molecule has 0 radical (unpaired) electrons. The number of aromatic hydroxyl groups is 1. The van der Waals surface area contributed by atoms with Gasteiger partial charge in [0.25, 0.3) is 0 Å². The molecule has 0 bridgehead atoms. The van der Waals surface area contributed by atoms with Gasteiger partial charge in [0, 0.05) is 6.42 Å². The molecule has 0 aromatic heterocycles. The van der Waals surface area contributed by atoms with E-state index in [1.807, 2.05) is 30.3 Å². The van der Waals surface area contributed by atoms with Crippen LogP contribution < -0.4 is 10.6 Å². The second-order valence-corrected chi connectivity index (χ2v) is 6.16. The summed E-state index contributed by atoms with van der Waals surface area (Å²) < 4.78 is 10.0. The molecule has 2 rings (SSSR count). The quantitative estimate of drug-likeness (QED) is 0.554. The minimum absolute atomic E-state index is 0.0839. The molecule has 0 aliphatic carbocycles. The lowest BCUT2D eigenvalue weighted by Gasteiger charge is -2.17. The summed E-state index contributed by atoms with van der Waals surface area (Å²) in [6, 6.07) is 14.5. The van der Waals surface area contributed by atoms with Gasteiger partial charge < -0.3 is 25.2 Å². The van der Waals surface area contributed by atoms with Crippen molar-refractivity contribution in [1.29, 1.82) is 0 Å². The monoisotopic (exact) mass is 400 g/mol. The van der Waals surface area contributed by atoms with Gasteiger partial charge in [0.15, 0.2) is 0 Å². The molecule has 2 aromatic rings. The van der Waals surface area contributed by atoms with Crippen LogP contribution in [0.2, 0.25) is 0 Å². The molecule has 0 fully saturated rings. The van der Waals surface area contributed by atoms with Crippen molar-refractivity contribution in [3.05, 3.63) is 65.7 Å². The molecule has 3 N–H and O–H groups in total. The third kappa shape index (κ3) is 7.92. The van der Waals surface area contributed by atoms with Crippen LogP contribution in [0.1, 0.15) is 18.1 Å². The van der Waals surface area contributed by atoms with Gasteiger partial charge in [0.2, 0.25) is 5.91 Å². The summed E-state index contributed by atoms with van der Waals surface area (Å²) in [7, 11) is 0. The Morgan fingerprint density at radius 1 is 0.966 bits per heavy atom. The van der Waals surface area contributed by atoms with Gasteiger partial charge in [0.05, 0.1) is 6.61 Å². The maximum absolute atomic E-state index is 12.2. The van der Waals surface area contributed by atoms with Crippen molar-refractivity contribution < 1.29 is 29.0 Å². The highest BCUT2D eigenvalue weighted by Crippen LogP contribution is 2.12. The van der Waals surface area contributed by atoms with Crippen LogP contribution >= 0.6 is 0 Å². The van der Waals surface area contributed by atoms with E-state index in [4.69, 9.17) is 9.47 Å². The van der Waals surface area contributed by atoms with Crippen molar-refractivity contribution in [2.24, 2.45) is 0 Å². The van der Waals surface area contributed by atoms with Crippen LogP contribution in [-0.4, -0.2) is 42.3 Å². The molecular formula is C21H24N2O6. The number of alkyl carbamates (subject to hydrolysis) is 1. The topological polar surface area (TPSA) is 114 Å². The number of benzene rings is 2. The van der Waals surface area contributed by atoms with E-state index in [9.17, 15) is 19.5 Å². The summed E-state index contributed by atoms with van der Waals surface area (Å²) in [6.45, 7) is 1.58. The number of carbonyl (C=O) groups is 3. The first-order valence-electron chi connectivity index (χ1n) is 9.16. The van der Waals surface area contributed by atoms with Crippen LogP contribution in [0.15, 0.2) is 54.6 Å². The van der Waals surface area contributed by atoms with E-state index in [-0.39, 0.29) is 31.9 Å². The number of hydrogen-bond acceptors (Lipinski definition) is 6. The minimum atomic E-state index is -0.922. The number of phenolic OH excluding ortho intramolecular Hbond substituents is 1. The molecule has 29 heavy (non-hydrogen) atoms. The van der Waals surface area contributed by atoms with Crippen LogP contribution in [-0.2, 0) is 32.1 Å². The van der Waals surface area contributed by atoms with Crippen molar-refractivity contribution in [3.8, 4) is 5.75 Å². The number of nitrogens with one attached hydrogen (secondary N) is 2. The Hall–Kier alpha value is -3.55. The number of hydrogen-bond donors (Lipinski definition) is 3. The number of carbonyl (C=O) groups excluding carboxylic acids is 3. The molecular weight excluding hydrogens is 376 g/mol. The van der Waals surface area contributed by atoms with Gasteiger partial charge in [-0.1, -0.05) is 42.5 Å². The fourth-order valence-corrected chi connectivity index (χ4v) is 2.48. The van der Waals surface area contributed by atoms with Crippen LogP contribution in [0, 0.1) is 0 Å². The standard InChI is InChI=1S/C21H24N2O6/c1-2-28-20(26)18(12-15-8-10-17(24)11-9-15)23-19(25)13-22-21(27)29-14-16-6-4-3-5-7-16/h3-11,18,24H,2,12-14H2,1H3,(H,22,27)(H,23,25). The van der Waals surface area contributed by atoms with Gasteiger partial charge in [-0.05, 0) is 30.2 Å². The average molecular weight is 400 g/mol. The summed E-state index contributed by atoms with van der Waals surface area (Å²) >= 11 is 0. The van der Waals surface area contributed by atoms with Crippen LogP contribution in [0.3, 0.4) is 0 Å². The molecule has 1 atom stereocenters. The first-order chi connectivity index (χ1) is 14.0. The fourth-order valence-electron chi connectivity index (χ4n) is 2.48. The summed E-state index contributed by atoms with van der Waals surface area (Å²) in [4.78, 5) is 36.0. The van der Waals surface area contributed by atoms with Gasteiger partial charge in [0.1, 0.15) is 24.9 Å². The van der Waals surface area contributed by atoms with E-state index < -0.39 is 24.0 Å². The summed E-state index contributed by atoms with van der Waals surface area (Å²) in [5.41, 5.74) is 1.56. The van der Waals surface area contributed by atoms with E-state index in [2.05, 4.69) is 10.6 Å². The Morgan fingerprint density at radius 3 is 2.31 bits per heavy atom. The molecule has 0 heterocycles. The smallest absolute Gasteiger partial charge is 0.407 e. The minimum Gasteiger partial charge on any atom is -0.508 e. The highest BCUT2D eigenvalue weighted by molar-refractivity contribution is 5.87. The van der Waals surface area contributed by atoms with Gasteiger partial charge in [-0.25, -0.2) is 9.59 Å². The third-order valence-electron chi connectivity index (χ3n) is 3.89. The van der Waals surface area contributed by atoms with E-state index in [0.717, 1.165) is 11.1 Å². The molecule has 0 spiro atoms. The number of ether oxygens (including phenoxy) is 2. The Kier molecular flexibility index (Phi) is 8.50. The Bertz CT molecular complexity index is 808. The van der Waals surface area contributed by atoms with E-state index >= 15 is 0 Å². The van der Waals surface area contributed by atoms with E-state index in [0.29, 0.717) is 0 Å². The number of esters is 1. The maximum Gasteiger partial charge on any atom is 0.407 e. The largest absolute Gasteiger partial charge is 0.508 e. The normalized spacial score (nSPS) is 11.2. The van der Waals surface area contributed by atoms with Crippen molar-refractivity contribution in [1.82, 2.24) is 10.6 Å². The number of amides is 2. The van der Waals surface area contributed by atoms with Crippen molar-refractivity contribution >= 4 is 18.0 Å².